The molecule has 1 aromatic heterocycles. The van der Waals surface area contributed by atoms with Crippen LogP contribution in [0.3, 0.4) is 0 Å². The molecule has 0 atom stereocenters. The number of aryl methyl sites for hydroxylation is 1. The van der Waals surface area contributed by atoms with Crippen molar-refractivity contribution in [2.75, 3.05) is 33.2 Å². The van der Waals surface area contributed by atoms with Gasteiger partial charge in [0.05, 0.1) is 16.6 Å². The van der Waals surface area contributed by atoms with E-state index in [4.69, 9.17) is 4.98 Å². The number of aromatic amines is 1. The Morgan fingerprint density at radius 3 is 2.39 bits per heavy atom. The van der Waals surface area contributed by atoms with Crippen molar-refractivity contribution in [1.29, 1.82) is 0 Å². The van der Waals surface area contributed by atoms with Gasteiger partial charge in [0.15, 0.2) is 0 Å². The van der Waals surface area contributed by atoms with E-state index < -0.39 is 11.7 Å². The Bertz CT molecular complexity index is 1330. The van der Waals surface area contributed by atoms with E-state index in [0.29, 0.717) is 5.92 Å². The van der Waals surface area contributed by atoms with Crippen LogP contribution in [0.2, 0.25) is 0 Å². The fourth-order valence-electron chi connectivity index (χ4n) is 5.15. The molecule has 0 unspecified atom stereocenters. The summed E-state index contributed by atoms with van der Waals surface area (Å²) >= 11 is 0. The van der Waals surface area contributed by atoms with Crippen LogP contribution < -0.4 is 5.32 Å². The molecule has 0 amide bonds. The van der Waals surface area contributed by atoms with Crippen molar-refractivity contribution >= 4 is 11.0 Å². The number of H-pyrrole nitrogens is 1. The second kappa shape index (κ2) is 10.1. The molecular weight excluding hydrogens is 461 g/mol. The summed E-state index contributed by atoms with van der Waals surface area (Å²) in [7, 11) is 1.99. The average Bonchev–Trinajstić information content (AvgIpc) is 3.33. The molecule has 5 rings (SSSR count). The van der Waals surface area contributed by atoms with Gasteiger partial charge in [-0.25, -0.2) is 4.98 Å². The predicted octanol–water partition coefficient (Wildman–Crippen LogP) is 6.62. The van der Waals surface area contributed by atoms with E-state index in [2.05, 4.69) is 34.3 Å². The largest absolute Gasteiger partial charge is 0.416 e. The first-order valence-corrected chi connectivity index (χ1v) is 12.5. The van der Waals surface area contributed by atoms with E-state index in [1.165, 1.54) is 17.7 Å². The molecular formula is C29H31F3N4. The van der Waals surface area contributed by atoms with Gasteiger partial charge in [-0.15, -0.1) is 0 Å². The molecule has 0 aliphatic carbocycles. The van der Waals surface area contributed by atoms with Crippen LogP contribution in [0.5, 0.6) is 0 Å². The van der Waals surface area contributed by atoms with Crippen molar-refractivity contribution < 1.29 is 13.2 Å². The van der Waals surface area contributed by atoms with E-state index in [0.717, 1.165) is 90.3 Å². The molecule has 1 aliphatic rings. The van der Waals surface area contributed by atoms with Gasteiger partial charge in [-0.1, -0.05) is 36.4 Å². The number of halogens is 3. The molecule has 3 aromatic carbocycles. The normalized spacial score (nSPS) is 15.6. The van der Waals surface area contributed by atoms with Gasteiger partial charge in [-0.3, -0.25) is 0 Å². The number of hydrogen-bond donors (Lipinski definition) is 2. The van der Waals surface area contributed by atoms with Crippen molar-refractivity contribution in [2.45, 2.75) is 31.9 Å². The molecule has 4 nitrogen and oxygen atoms in total. The van der Waals surface area contributed by atoms with E-state index in [9.17, 15) is 13.2 Å². The maximum Gasteiger partial charge on any atom is 0.416 e. The van der Waals surface area contributed by atoms with Gasteiger partial charge in [0.25, 0.3) is 0 Å². The Balaban J connectivity index is 1.38. The standard InChI is InChI=1S/C29H31F3N4/c1-19-16-24(21-10-13-36(14-11-21)15-12-33-2)18-26-27(19)35-28(34-26)23-5-3-4-22(17-23)20-6-8-25(9-7-20)29(30,31)32/h3-9,16-18,21,33H,10-15H2,1-2H3,(H,34,35). The maximum absolute atomic E-state index is 12.9. The van der Waals surface area contributed by atoms with Gasteiger partial charge in [-0.05, 0) is 92.3 Å². The van der Waals surface area contributed by atoms with Crippen LogP contribution in [0.15, 0.2) is 60.7 Å². The highest BCUT2D eigenvalue weighted by Crippen LogP contribution is 2.34. The lowest BCUT2D eigenvalue weighted by atomic mass is 9.88. The molecule has 0 radical (unpaired) electrons. The second-order valence-corrected chi connectivity index (χ2v) is 9.69. The minimum atomic E-state index is -4.34. The van der Waals surface area contributed by atoms with Crippen LogP contribution in [0.25, 0.3) is 33.5 Å². The molecule has 7 heteroatoms. The third-order valence-electron chi connectivity index (χ3n) is 7.22. The number of rotatable bonds is 6. The van der Waals surface area contributed by atoms with Crippen molar-refractivity contribution in [2.24, 2.45) is 0 Å². The minimum Gasteiger partial charge on any atom is -0.338 e. The molecule has 2 heterocycles. The van der Waals surface area contributed by atoms with E-state index in [1.54, 1.807) is 0 Å². The lowest BCUT2D eigenvalue weighted by Gasteiger charge is -2.32. The van der Waals surface area contributed by atoms with Crippen LogP contribution in [0, 0.1) is 6.92 Å². The van der Waals surface area contributed by atoms with E-state index in [1.807, 2.05) is 31.3 Å². The Morgan fingerprint density at radius 1 is 0.972 bits per heavy atom. The Labute approximate surface area is 209 Å². The van der Waals surface area contributed by atoms with Gasteiger partial charge in [0.1, 0.15) is 5.82 Å². The lowest BCUT2D eigenvalue weighted by molar-refractivity contribution is -0.137. The molecule has 188 valence electrons. The lowest BCUT2D eigenvalue weighted by Crippen LogP contribution is -2.37. The van der Waals surface area contributed by atoms with Gasteiger partial charge < -0.3 is 15.2 Å². The maximum atomic E-state index is 12.9. The summed E-state index contributed by atoms with van der Waals surface area (Å²) in [4.78, 5) is 10.9. The summed E-state index contributed by atoms with van der Waals surface area (Å²) in [6.07, 6.45) is -2.02. The summed E-state index contributed by atoms with van der Waals surface area (Å²) in [6.45, 7) is 6.46. The average molecular weight is 493 g/mol. The topological polar surface area (TPSA) is 44.0 Å². The highest BCUT2D eigenvalue weighted by Gasteiger charge is 2.30. The number of benzene rings is 3. The number of likely N-dealkylation sites (N-methyl/N-ethyl adjacent to an activating group) is 1. The zero-order chi connectivity index (χ0) is 25.3. The van der Waals surface area contributed by atoms with Gasteiger partial charge in [-0.2, -0.15) is 13.2 Å². The highest BCUT2D eigenvalue weighted by molar-refractivity contribution is 5.84. The van der Waals surface area contributed by atoms with Crippen molar-refractivity contribution in [1.82, 2.24) is 20.2 Å². The number of nitrogens with zero attached hydrogens (tertiary/aromatic N) is 2. The number of fused-ring (bicyclic) bond motifs is 1. The van der Waals surface area contributed by atoms with Crippen molar-refractivity contribution in [3.63, 3.8) is 0 Å². The molecule has 36 heavy (non-hydrogen) atoms. The summed E-state index contributed by atoms with van der Waals surface area (Å²) in [6, 6.07) is 17.6. The number of piperidine rings is 1. The van der Waals surface area contributed by atoms with Gasteiger partial charge in [0.2, 0.25) is 0 Å². The molecule has 2 N–H and O–H groups in total. The molecule has 0 bridgehead atoms. The second-order valence-electron chi connectivity index (χ2n) is 9.69. The zero-order valence-corrected chi connectivity index (χ0v) is 20.6. The number of alkyl halides is 3. The molecule has 1 aliphatic heterocycles. The number of imidazole rings is 1. The SMILES string of the molecule is CNCCN1CCC(c2cc(C)c3nc(-c4cccc(-c5ccc(C(F)(F)F)cc5)c4)[nH]c3c2)CC1. The number of aromatic nitrogens is 2. The number of nitrogens with one attached hydrogen (secondary N) is 2. The van der Waals surface area contributed by atoms with Gasteiger partial charge in [0, 0.05) is 18.7 Å². The summed E-state index contributed by atoms with van der Waals surface area (Å²) in [5.74, 6) is 1.31. The van der Waals surface area contributed by atoms with Crippen LogP contribution >= 0.6 is 0 Å². The fraction of sp³-hybridized carbons (Fsp3) is 0.345. The number of hydrogen-bond acceptors (Lipinski definition) is 3. The molecule has 1 fully saturated rings. The number of likely N-dealkylation sites (tertiary alicyclic amines) is 1. The van der Waals surface area contributed by atoms with Crippen LogP contribution in [-0.2, 0) is 6.18 Å². The third kappa shape index (κ3) is 5.18. The summed E-state index contributed by atoms with van der Waals surface area (Å²) < 4.78 is 38.8. The Morgan fingerprint density at radius 2 is 1.69 bits per heavy atom. The molecule has 4 aromatic rings. The minimum absolute atomic E-state index is 0.550. The van der Waals surface area contributed by atoms with Crippen LogP contribution in [-0.4, -0.2) is 48.1 Å². The van der Waals surface area contributed by atoms with Crippen LogP contribution in [0.1, 0.15) is 35.4 Å². The van der Waals surface area contributed by atoms with Crippen LogP contribution in [0.4, 0.5) is 13.2 Å². The zero-order valence-electron chi connectivity index (χ0n) is 20.6. The van der Waals surface area contributed by atoms with E-state index in [-0.39, 0.29) is 0 Å². The molecule has 1 saturated heterocycles. The van der Waals surface area contributed by atoms with Crippen molar-refractivity contribution in [3.8, 4) is 22.5 Å². The monoisotopic (exact) mass is 492 g/mol. The Kier molecular flexibility index (Phi) is 6.86. The Hall–Kier alpha value is -3.16. The first-order chi connectivity index (χ1) is 17.3. The molecule has 0 spiro atoms. The van der Waals surface area contributed by atoms with E-state index >= 15 is 0 Å². The third-order valence-corrected chi connectivity index (χ3v) is 7.22. The molecule has 0 saturated carbocycles. The quantitative estimate of drug-likeness (QED) is 0.318. The highest BCUT2D eigenvalue weighted by atomic mass is 19.4. The first-order valence-electron chi connectivity index (χ1n) is 12.5. The summed E-state index contributed by atoms with van der Waals surface area (Å²) in [5.41, 5.74) is 6.35. The predicted molar refractivity (Wildman–Crippen MR) is 139 cm³/mol. The van der Waals surface area contributed by atoms with Crippen molar-refractivity contribution in [3.05, 3.63) is 77.4 Å². The fourth-order valence-corrected chi connectivity index (χ4v) is 5.15. The first kappa shape index (κ1) is 24.5. The summed E-state index contributed by atoms with van der Waals surface area (Å²) in [5, 5.41) is 3.23. The smallest absolute Gasteiger partial charge is 0.338 e. The van der Waals surface area contributed by atoms with Gasteiger partial charge >= 0.3 is 6.18 Å².